The van der Waals surface area contributed by atoms with E-state index in [1.165, 1.54) is 27.5 Å². The van der Waals surface area contributed by atoms with Crippen LogP contribution in [0.4, 0.5) is 0 Å². The third kappa shape index (κ3) is 3.03. The van der Waals surface area contributed by atoms with Gasteiger partial charge >= 0.3 is 0 Å². The molecule has 1 unspecified atom stereocenters. The van der Waals surface area contributed by atoms with Crippen molar-refractivity contribution in [2.75, 3.05) is 20.0 Å². The summed E-state index contributed by atoms with van der Waals surface area (Å²) in [6.07, 6.45) is 1.17. The summed E-state index contributed by atoms with van der Waals surface area (Å²) >= 11 is 10.5. The molecule has 0 aliphatic carbocycles. The molecule has 5 heteroatoms. The molecule has 0 fully saturated rings. The summed E-state index contributed by atoms with van der Waals surface area (Å²) in [5, 5.41) is -0.134. The number of alkyl halides is 1. The lowest BCUT2D eigenvalue weighted by Gasteiger charge is -2.12. The Morgan fingerprint density at radius 3 is 2.67 bits per heavy atom. The van der Waals surface area contributed by atoms with Crippen LogP contribution in [0.5, 0.6) is 11.5 Å². The minimum atomic E-state index is -0.134. The van der Waals surface area contributed by atoms with Gasteiger partial charge in [-0.05, 0) is 41.5 Å². The van der Waals surface area contributed by atoms with Gasteiger partial charge in [0.1, 0.15) is 0 Å². The average molecular weight is 341 g/mol. The van der Waals surface area contributed by atoms with Crippen LogP contribution in [-0.4, -0.2) is 20.0 Å². The summed E-state index contributed by atoms with van der Waals surface area (Å²) in [6.45, 7) is 0. The van der Waals surface area contributed by atoms with E-state index in [0.29, 0.717) is 0 Å². The summed E-state index contributed by atoms with van der Waals surface area (Å²) in [4.78, 5) is 2.71. The molecule has 1 aliphatic heterocycles. The van der Waals surface area contributed by atoms with E-state index in [9.17, 15) is 0 Å². The first-order valence-electron chi connectivity index (χ1n) is 6.78. The minimum absolute atomic E-state index is 0.134. The van der Waals surface area contributed by atoms with Crippen LogP contribution in [-0.2, 0) is 12.2 Å². The largest absolute Gasteiger partial charge is 0.493 e. The fraction of sp³-hybridized carbons (Fsp3) is 0.375. The third-order valence-corrected chi connectivity index (χ3v) is 6.52. The lowest BCUT2D eigenvalue weighted by Crippen LogP contribution is -1.96. The predicted octanol–water partition coefficient (Wildman–Crippen LogP) is 4.88. The number of fused-ring (bicyclic) bond motifs is 1. The maximum absolute atomic E-state index is 6.68. The van der Waals surface area contributed by atoms with Crippen LogP contribution in [0.3, 0.4) is 0 Å². The van der Waals surface area contributed by atoms with Gasteiger partial charge in [-0.3, -0.25) is 0 Å². The fourth-order valence-corrected chi connectivity index (χ4v) is 5.18. The lowest BCUT2D eigenvalue weighted by atomic mass is 10.1. The number of aryl methyl sites for hydroxylation is 1. The molecule has 1 aliphatic rings. The van der Waals surface area contributed by atoms with Crippen molar-refractivity contribution in [1.29, 1.82) is 0 Å². The Morgan fingerprint density at radius 2 is 1.95 bits per heavy atom. The van der Waals surface area contributed by atoms with E-state index in [-0.39, 0.29) is 5.38 Å². The number of halogens is 1. The first-order valence-corrected chi connectivity index (χ1v) is 9.19. The second kappa shape index (κ2) is 6.51. The zero-order chi connectivity index (χ0) is 14.8. The van der Waals surface area contributed by atoms with Crippen LogP contribution in [0.2, 0.25) is 0 Å². The smallest absolute Gasteiger partial charge is 0.161 e. The maximum atomic E-state index is 6.68. The summed E-state index contributed by atoms with van der Waals surface area (Å²) in [6, 6.07) is 8.14. The topological polar surface area (TPSA) is 18.5 Å². The van der Waals surface area contributed by atoms with Crippen molar-refractivity contribution in [3.8, 4) is 11.5 Å². The van der Waals surface area contributed by atoms with E-state index in [1.807, 2.05) is 41.3 Å². The third-order valence-electron chi connectivity index (χ3n) is 3.60. The summed E-state index contributed by atoms with van der Waals surface area (Å²) in [7, 11) is 3.28. The molecule has 0 spiro atoms. The Morgan fingerprint density at radius 1 is 1.14 bits per heavy atom. The van der Waals surface area contributed by atoms with E-state index >= 15 is 0 Å². The molecule has 21 heavy (non-hydrogen) atoms. The van der Waals surface area contributed by atoms with Crippen molar-refractivity contribution in [3.63, 3.8) is 0 Å². The SMILES string of the molecule is COc1ccc(C(Cl)c2cc3c(s2)CCSC3)cc1OC. The molecule has 2 nitrogen and oxygen atoms in total. The number of methoxy groups -OCH3 is 2. The Hall–Kier alpha value is -0.840. The number of benzene rings is 1. The molecule has 0 saturated heterocycles. The molecule has 0 saturated carbocycles. The van der Waals surface area contributed by atoms with Gasteiger partial charge in [0.15, 0.2) is 11.5 Å². The Kier molecular flexibility index (Phi) is 4.67. The Bertz CT molecular complexity index is 616. The second-order valence-corrected chi connectivity index (χ2v) is 7.59. The van der Waals surface area contributed by atoms with Gasteiger partial charge in [0.05, 0.1) is 19.6 Å². The van der Waals surface area contributed by atoms with Crippen molar-refractivity contribution in [1.82, 2.24) is 0 Å². The molecule has 3 rings (SSSR count). The molecular formula is C16H17ClO2S2. The van der Waals surface area contributed by atoms with Gasteiger partial charge < -0.3 is 9.47 Å². The molecule has 0 amide bonds. The van der Waals surface area contributed by atoms with Crippen LogP contribution in [0.15, 0.2) is 24.3 Å². The van der Waals surface area contributed by atoms with Crippen LogP contribution < -0.4 is 9.47 Å². The molecule has 1 atom stereocenters. The molecule has 0 bridgehead atoms. The number of rotatable bonds is 4. The molecule has 2 heterocycles. The lowest BCUT2D eigenvalue weighted by molar-refractivity contribution is 0.354. The minimum Gasteiger partial charge on any atom is -0.493 e. The van der Waals surface area contributed by atoms with Crippen LogP contribution >= 0.6 is 34.7 Å². The Balaban J connectivity index is 1.90. The predicted molar refractivity (Wildman–Crippen MR) is 91.4 cm³/mol. The first-order chi connectivity index (χ1) is 10.2. The van der Waals surface area contributed by atoms with Crippen molar-refractivity contribution >= 4 is 34.7 Å². The van der Waals surface area contributed by atoms with Gasteiger partial charge in [-0.25, -0.2) is 0 Å². The van der Waals surface area contributed by atoms with E-state index in [4.69, 9.17) is 21.1 Å². The zero-order valence-electron chi connectivity index (χ0n) is 12.0. The van der Waals surface area contributed by atoms with Gasteiger partial charge in [0, 0.05) is 15.5 Å². The first kappa shape index (κ1) is 15.1. The van der Waals surface area contributed by atoms with Gasteiger partial charge in [-0.15, -0.1) is 22.9 Å². The molecule has 2 aromatic rings. The molecule has 1 aromatic heterocycles. The molecular weight excluding hydrogens is 324 g/mol. The van der Waals surface area contributed by atoms with Crippen molar-refractivity contribution < 1.29 is 9.47 Å². The van der Waals surface area contributed by atoms with Crippen LogP contribution in [0.25, 0.3) is 0 Å². The maximum Gasteiger partial charge on any atom is 0.161 e. The summed E-state index contributed by atoms with van der Waals surface area (Å²) in [5.74, 6) is 3.78. The highest BCUT2D eigenvalue weighted by molar-refractivity contribution is 7.98. The van der Waals surface area contributed by atoms with E-state index in [2.05, 4.69) is 6.07 Å². The van der Waals surface area contributed by atoms with E-state index < -0.39 is 0 Å². The van der Waals surface area contributed by atoms with Gasteiger partial charge in [0.25, 0.3) is 0 Å². The van der Waals surface area contributed by atoms with Gasteiger partial charge in [0.2, 0.25) is 0 Å². The number of thiophene rings is 1. The number of hydrogen-bond acceptors (Lipinski definition) is 4. The normalized spacial score (nSPS) is 15.4. The van der Waals surface area contributed by atoms with Gasteiger partial charge in [-0.2, -0.15) is 11.8 Å². The fourth-order valence-electron chi connectivity index (χ4n) is 2.47. The number of thioether (sulfide) groups is 1. The summed E-state index contributed by atoms with van der Waals surface area (Å²) in [5.41, 5.74) is 2.50. The van der Waals surface area contributed by atoms with E-state index in [0.717, 1.165) is 22.8 Å². The van der Waals surface area contributed by atoms with Gasteiger partial charge in [-0.1, -0.05) is 6.07 Å². The highest BCUT2D eigenvalue weighted by atomic mass is 35.5. The average Bonchev–Trinajstić information content (AvgIpc) is 2.97. The van der Waals surface area contributed by atoms with Crippen molar-refractivity contribution in [2.45, 2.75) is 17.6 Å². The number of hydrogen-bond donors (Lipinski definition) is 0. The monoisotopic (exact) mass is 340 g/mol. The molecule has 0 N–H and O–H groups in total. The van der Waals surface area contributed by atoms with E-state index in [1.54, 1.807) is 14.2 Å². The Labute approximate surface area is 138 Å². The van der Waals surface area contributed by atoms with Crippen molar-refractivity contribution in [2.24, 2.45) is 0 Å². The molecule has 1 aromatic carbocycles. The quantitative estimate of drug-likeness (QED) is 0.739. The highest BCUT2D eigenvalue weighted by Crippen LogP contribution is 2.41. The summed E-state index contributed by atoms with van der Waals surface area (Å²) < 4.78 is 10.6. The van der Waals surface area contributed by atoms with Crippen molar-refractivity contribution in [3.05, 3.63) is 45.1 Å². The zero-order valence-corrected chi connectivity index (χ0v) is 14.4. The molecule has 112 valence electrons. The standard InChI is InChI=1S/C16H17ClO2S2/c1-18-12-4-3-10(7-13(12)19-2)16(17)15-8-11-9-20-6-5-14(11)21-15/h3-4,7-8,16H,5-6,9H2,1-2H3. The number of ether oxygens (including phenoxy) is 2. The second-order valence-electron chi connectivity index (χ2n) is 4.88. The highest BCUT2D eigenvalue weighted by Gasteiger charge is 2.20. The van der Waals surface area contributed by atoms with Crippen LogP contribution in [0, 0.1) is 0 Å². The molecule has 0 radical (unpaired) electrons. The van der Waals surface area contributed by atoms with Crippen LogP contribution in [0.1, 0.15) is 26.3 Å².